The fourth-order valence-corrected chi connectivity index (χ4v) is 3.17. The topological polar surface area (TPSA) is 38.5 Å². The Bertz CT molecular complexity index is 214. The smallest absolute Gasteiger partial charge is 0.0594 e. The first-order chi connectivity index (χ1) is 12.3. The van der Waals surface area contributed by atoms with E-state index in [1.807, 2.05) is 0 Å². The van der Waals surface area contributed by atoms with Crippen molar-refractivity contribution in [1.29, 1.82) is 0 Å². The van der Waals surface area contributed by atoms with Gasteiger partial charge in [-0.3, -0.25) is 0 Å². The van der Waals surface area contributed by atoms with Gasteiger partial charge in [-0.15, -0.1) is 0 Å². The molecule has 0 aromatic carbocycles. The van der Waals surface area contributed by atoms with E-state index in [4.69, 9.17) is 10.5 Å². The third-order valence-corrected chi connectivity index (χ3v) is 5.04. The number of nitrogens with zero attached hydrogens (tertiary/aromatic N) is 1. The Hall–Kier alpha value is -0.120. The SMILES string of the molecule is CCCCCCCCCCCCCCCCCN.CN1CCOCC1. The molecule has 0 aliphatic carbocycles. The van der Waals surface area contributed by atoms with Gasteiger partial charge < -0.3 is 15.4 Å². The van der Waals surface area contributed by atoms with Crippen molar-refractivity contribution < 1.29 is 4.74 Å². The van der Waals surface area contributed by atoms with Gasteiger partial charge in [0.05, 0.1) is 13.2 Å². The van der Waals surface area contributed by atoms with Gasteiger partial charge in [-0.2, -0.15) is 0 Å². The monoisotopic (exact) mass is 356 g/mol. The third kappa shape index (κ3) is 21.8. The highest BCUT2D eigenvalue weighted by atomic mass is 16.5. The molecule has 25 heavy (non-hydrogen) atoms. The first kappa shape index (κ1) is 24.9. The van der Waals surface area contributed by atoms with E-state index in [1.54, 1.807) is 0 Å². The predicted molar refractivity (Wildman–Crippen MR) is 112 cm³/mol. The van der Waals surface area contributed by atoms with Gasteiger partial charge in [0, 0.05) is 13.1 Å². The van der Waals surface area contributed by atoms with E-state index in [0.717, 1.165) is 32.8 Å². The Labute approximate surface area is 159 Å². The minimum Gasteiger partial charge on any atom is -0.379 e. The fraction of sp³-hybridized carbons (Fsp3) is 1.00. The number of unbranched alkanes of at least 4 members (excludes halogenated alkanes) is 14. The molecule has 0 atom stereocenters. The van der Waals surface area contributed by atoms with Crippen molar-refractivity contribution in [2.24, 2.45) is 5.73 Å². The van der Waals surface area contributed by atoms with Crippen LogP contribution in [0.1, 0.15) is 103 Å². The molecule has 0 spiro atoms. The van der Waals surface area contributed by atoms with Gasteiger partial charge in [-0.25, -0.2) is 0 Å². The number of ether oxygens (including phenoxy) is 1. The molecule has 1 rings (SSSR count). The summed E-state index contributed by atoms with van der Waals surface area (Å²) in [6.45, 7) is 7.18. The Morgan fingerprint density at radius 2 is 1.00 bits per heavy atom. The zero-order chi connectivity index (χ0) is 18.4. The average Bonchev–Trinajstić information content (AvgIpc) is 2.63. The molecule has 0 aromatic heterocycles. The van der Waals surface area contributed by atoms with Crippen molar-refractivity contribution in [3.05, 3.63) is 0 Å². The number of nitrogens with two attached hydrogens (primary N) is 1. The summed E-state index contributed by atoms with van der Waals surface area (Å²) in [5.74, 6) is 0. The number of likely N-dealkylation sites (N-methyl/N-ethyl adjacent to an activating group) is 1. The van der Waals surface area contributed by atoms with Gasteiger partial charge in [0.15, 0.2) is 0 Å². The molecule has 0 amide bonds. The van der Waals surface area contributed by atoms with E-state index in [9.17, 15) is 0 Å². The molecular formula is C22H48N2O. The van der Waals surface area contributed by atoms with Crippen LogP contribution in [-0.2, 0) is 4.74 Å². The lowest BCUT2D eigenvalue weighted by Gasteiger charge is -2.21. The van der Waals surface area contributed by atoms with Crippen LogP contribution in [0.25, 0.3) is 0 Å². The van der Waals surface area contributed by atoms with Crippen LogP contribution in [0.3, 0.4) is 0 Å². The lowest BCUT2D eigenvalue weighted by atomic mass is 10.0. The maximum atomic E-state index is 5.48. The molecule has 1 aliphatic rings. The third-order valence-electron chi connectivity index (χ3n) is 5.04. The van der Waals surface area contributed by atoms with Crippen molar-refractivity contribution >= 4 is 0 Å². The fourth-order valence-electron chi connectivity index (χ4n) is 3.17. The molecule has 1 heterocycles. The normalized spacial score (nSPS) is 15.0. The second kappa shape index (κ2) is 21.9. The van der Waals surface area contributed by atoms with Crippen molar-refractivity contribution in [3.63, 3.8) is 0 Å². The van der Waals surface area contributed by atoms with Gasteiger partial charge in [-0.1, -0.05) is 96.8 Å². The molecule has 1 aliphatic heterocycles. The molecule has 3 nitrogen and oxygen atoms in total. The van der Waals surface area contributed by atoms with E-state index < -0.39 is 0 Å². The largest absolute Gasteiger partial charge is 0.379 e. The quantitative estimate of drug-likeness (QED) is 0.379. The van der Waals surface area contributed by atoms with Crippen LogP contribution in [0.4, 0.5) is 0 Å². The minimum atomic E-state index is 0.873. The molecular weight excluding hydrogens is 308 g/mol. The first-order valence-electron chi connectivity index (χ1n) is 11.3. The highest BCUT2D eigenvalue weighted by molar-refractivity contribution is 4.54. The summed E-state index contributed by atoms with van der Waals surface area (Å²) in [6, 6.07) is 0. The van der Waals surface area contributed by atoms with Crippen molar-refractivity contribution in [3.8, 4) is 0 Å². The molecule has 3 heteroatoms. The van der Waals surface area contributed by atoms with Crippen LogP contribution >= 0.6 is 0 Å². The van der Waals surface area contributed by atoms with Crippen LogP contribution in [-0.4, -0.2) is 44.8 Å². The molecule has 0 bridgehead atoms. The molecule has 0 unspecified atom stereocenters. The maximum Gasteiger partial charge on any atom is 0.0594 e. The van der Waals surface area contributed by atoms with Crippen LogP contribution < -0.4 is 5.73 Å². The Morgan fingerprint density at radius 1 is 0.640 bits per heavy atom. The lowest BCUT2D eigenvalue weighted by molar-refractivity contribution is 0.0503. The summed E-state index contributed by atoms with van der Waals surface area (Å²) in [5.41, 5.74) is 5.48. The zero-order valence-electron chi connectivity index (χ0n) is 17.6. The zero-order valence-corrected chi connectivity index (χ0v) is 17.6. The van der Waals surface area contributed by atoms with E-state index in [-0.39, 0.29) is 0 Å². The Morgan fingerprint density at radius 3 is 1.28 bits per heavy atom. The molecule has 0 radical (unpaired) electrons. The van der Waals surface area contributed by atoms with Crippen LogP contribution in [0, 0.1) is 0 Å². The molecule has 1 fully saturated rings. The average molecular weight is 357 g/mol. The number of rotatable bonds is 15. The molecule has 2 N–H and O–H groups in total. The minimum absolute atomic E-state index is 0.873. The van der Waals surface area contributed by atoms with Gasteiger partial charge in [-0.05, 0) is 20.0 Å². The van der Waals surface area contributed by atoms with E-state index in [2.05, 4.69) is 18.9 Å². The first-order valence-corrected chi connectivity index (χ1v) is 11.3. The number of hydrogen-bond acceptors (Lipinski definition) is 3. The summed E-state index contributed by atoms with van der Waals surface area (Å²) in [5, 5.41) is 0. The molecule has 0 saturated carbocycles. The van der Waals surface area contributed by atoms with E-state index in [1.165, 1.54) is 96.3 Å². The van der Waals surface area contributed by atoms with Crippen LogP contribution in [0.5, 0.6) is 0 Å². The summed E-state index contributed by atoms with van der Waals surface area (Å²) >= 11 is 0. The van der Waals surface area contributed by atoms with Crippen molar-refractivity contribution in [2.45, 2.75) is 103 Å². The van der Waals surface area contributed by atoms with Crippen molar-refractivity contribution in [1.82, 2.24) is 4.90 Å². The van der Waals surface area contributed by atoms with Crippen LogP contribution in [0.15, 0.2) is 0 Å². The Kier molecular flexibility index (Phi) is 21.8. The van der Waals surface area contributed by atoms with Gasteiger partial charge in [0.2, 0.25) is 0 Å². The van der Waals surface area contributed by atoms with Gasteiger partial charge >= 0.3 is 0 Å². The molecule has 1 saturated heterocycles. The lowest BCUT2D eigenvalue weighted by Crippen LogP contribution is -2.32. The second-order valence-electron chi connectivity index (χ2n) is 7.65. The second-order valence-corrected chi connectivity index (χ2v) is 7.65. The van der Waals surface area contributed by atoms with Gasteiger partial charge in [0.1, 0.15) is 0 Å². The molecule has 0 aromatic rings. The predicted octanol–water partition coefficient (Wildman–Crippen LogP) is 5.76. The number of morpholine rings is 1. The molecule has 152 valence electrons. The summed E-state index contributed by atoms with van der Waals surface area (Å²) in [4.78, 5) is 2.27. The Balaban J connectivity index is 0.000000676. The van der Waals surface area contributed by atoms with Crippen molar-refractivity contribution in [2.75, 3.05) is 39.9 Å². The van der Waals surface area contributed by atoms with Crippen LogP contribution in [0.2, 0.25) is 0 Å². The standard InChI is InChI=1S/C17H37N.C5H11NO/c1-2-3-4-5-6-7-8-9-10-11-12-13-14-15-16-17-18;1-6-2-4-7-5-3-6/h2-18H2,1H3;2-5H2,1H3. The van der Waals surface area contributed by atoms with E-state index >= 15 is 0 Å². The maximum absolute atomic E-state index is 5.48. The summed E-state index contributed by atoms with van der Waals surface area (Å²) < 4.78 is 5.10. The highest BCUT2D eigenvalue weighted by Crippen LogP contribution is 2.13. The number of hydrogen-bond donors (Lipinski definition) is 1. The highest BCUT2D eigenvalue weighted by Gasteiger charge is 2.02. The van der Waals surface area contributed by atoms with E-state index in [0.29, 0.717) is 0 Å². The summed E-state index contributed by atoms with van der Waals surface area (Å²) in [7, 11) is 2.11. The van der Waals surface area contributed by atoms with Gasteiger partial charge in [0.25, 0.3) is 0 Å². The summed E-state index contributed by atoms with van der Waals surface area (Å²) in [6.07, 6.45) is 21.4.